The first-order valence-corrected chi connectivity index (χ1v) is 12.1. The van der Waals surface area contributed by atoms with Crippen molar-refractivity contribution in [2.75, 3.05) is 19.0 Å². The van der Waals surface area contributed by atoms with E-state index in [4.69, 9.17) is 9.47 Å². The molecule has 0 aliphatic carbocycles. The molecule has 3 atom stereocenters. The van der Waals surface area contributed by atoms with Crippen LogP contribution in [0.4, 0.5) is 0 Å². The lowest BCUT2D eigenvalue weighted by molar-refractivity contribution is -0.148. The van der Waals surface area contributed by atoms with E-state index in [1.165, 1.54) is 5.56 Å². The molecule has 2 aromatic rings. The molecule has 2 rings (SSSR count). The zero-order valence-corrected chi connectivity index (χ0v) is 19.0. The van der Waals surface area contributed by atoms with E-state index in [9.17, 15) is 9.36 Å². The molecular weight excluding hydrogens is 403 g/mol. The van der Waals surface area contributed by atoms with E-state index in [2.05, 4.69) is 12.1 Å². The number of carbonyl (C=O) groups is 1. The van der Waals surface area contributed by atoms with Gasteiger partial charge in [-0.05, 0) is 50.8 Å². The van der Waals surface area contributed by atoms with Crippen molar-refractivity contribution < 1.29 is 18.8 Å². The van der Waals surface area contributed by atoms with Crippen molar-refractivity contribution in [1.29, 1.82) is 0 Å². The molecule has 0 fully saturated rings. The van der Waals surface area contributed by atoms with Crippen LogP contribution in [0.15, 0.2) is 59.5 Å². The van der Waals surface area contributed by atoms with Crippen molar-refractivity contribution in [3.8, 4) is 5.75 Å². The number of ether oxygens (including phenoxy) is 2. The molecule has 3 unspecified atom stereocenters. The average molecular weight is 434 g/mol. The van der Waals surface area contributed by atoms with Crippen LogP contribution in [-0.4, -0.2) is 30.6 Å². The van der Waals surface area contributed by atoms with E-state index in [0.29, 0.717) is 25.4 Å². The molecule has 0 N–H and O–H groups in total. The Labute approximate surface area is 179 Å². The Hall–Kier alpha value is -1.84. The van der Waals surface area contributed by atoms with Gasteiger partial charge < -0.3 is 9.47 Å². The molecule has 29 heavy (non-hydrogen) atoms. The van der Waals surface area contributed by atoms with Crippen LogP contribution in [0.3, 0.4) is 0 Å². The van der Waals surface area contributed by atoms with Crippen molar-refractivity contribution in [3.05, 3.63) is 60.2 Å². The smallest absolute Gasteiger partial charge is 0.329 e. The van der Waals surface area contributed by atoms with Gasteiger partial charge in [0.25, 0.3) is 0 Å². The molecule has 0 aliphatic rings. The third-order valence-electron chi connectivity index (χ3n) is 4.62. The van der Waals surface area contributed by atoms with Crippen molar-refractivity contribution in [2.24, 2.45) is 5.92 Å². The maximum Gasteiger partial charge on any atom is 0.329 e. The summed E-state index contributed by atoms with van der Waals surface area (Å²) >= 11 is 1.59. The summed E-state index contributed by atoms with van der Waals surface area (Å²) < 4.78 is 23.0. The van der Waals surface area contributed by atoms with E-state index in [-0.39, 0.29) is 17.5 Å². The first kappa shape index (κ1) is 23.4. The van der Waals surface area contributed by atoms with Gasteiger partial charge in [-0.2, -0.15) is 0 Å². The second-order valence-corrected chi connectivity index (χ2v) is 8.69. The third-order valence-corrected chi connectivity index (χ3v) is 7.00. The van der Waals surface area contributed by atoms with Gasteiger partial charge in [0.05, 0.1) is 13.2 Å². The van der Waals surface area contributed by atoms with Crippen LogP contribution in [0.2, 0.25) is 0 Å². The molecule has 4 nitrogen and oxygen atoms in total. The van der Waals surface area contributed by atoms with Crippen LogP contribution in [0.25, 0.3) is 0 Å². The van der Waals surface area contributed by atoms with Crippen LogP contribution in [0.5, 0.6) is 5.75 Å². The van der Waals surface area contributed by atoms with Crippen LogP contribution >= 0.6 is 20.2 Å². The lowest BCUT2D eigenvalue weighted by atomic mass is 9.97. The largest absolute Gasteiger partial charge is 0.493 e. The van der Waals surface area contributed by atoms with Gasteiger partial charge in [0.1, 0.15) is 11.7 Å². The van der Waals surface area contributed by atoms with Gasteiger partial charge in [-0.1, -0.05) is 47.0 Å². The molecule has 0 heterocycles. The Kier molecular flexibility index (Phi) is 10.8. The predicted molar refractivity (Wildman–Crippen MR) is 121 cm³/mol. The molecule has 0 radical (unpaired) electrons. The molecule has 2 aromatic carbocycles. The van der Waals surface area contributed by atoms with Gasteiger partial charge in [-0.15, -0.1) is 11.8 Å². The highest BCUT2D eigenvalue weighted by atomic mass is 32.2. The molecule has 0 saturated heterocycles. The fraction of sp³-hybridized carbons (Fsp3) is 0.435. The normalized spacial score (nSPS) is 13.0. The number of para-hydroxylation sites is 1. The number of hydrogen-bond acceptors (Lipinski definition) is 5. The van der Waals surface area contributed by atoms with E-state index >= 15 is 0 Å². The summed E-state index contributed by atoms with van der Waals surface area (Å²) in [7, 11) is -0.559. The third kappa shape index (κ3) is 7.83. The Morgan fingerprint density at radius 1 is 1.03 bits per heavy atom. The van der Waals surface area contributed by atoms with E-state index in [0.717, 1.165) is 23.5 Å². The standard InChI is InChI=1S/C23H29O4PS/c1-3-26-20-15-8-9-16-22(20)29-17-21(28-25)19(23(24)27-4-2)14-10-13-18-11-6-5-7-12-18/h5-9,11-12,15-16,19,21H,3-4,10,13-14,17H2,1-2H3/p+1. The Morgan fingerprint density at radius 2 is 1.76 bits per heavy atom. The fourth-order valence-electron chi connectivity index (χ4n) is 3.16. The Bertz CT molecular complexity index is 754. The number of rotatable bonds is 13. The Morgan fingerprint density at radius 3 is 2.45 bits per heavy atom. The van der Waals surface area contributed by atoms with Crippen LogP contribution in [-0.2, 0) is 20.5 Å². The minimum atomic E-state index is -0.559. The summed E-state index contributed by atoms with van der Waals surface area (Å²) in [5.74, 6) is 0.805. The highest BCUT2D eigenvalue weighted by molar-refractivity contribution is 7.99. The summed E-state index contributed by atoms with van der Waals surface area (Å²) in [5, 5.41) is 0. The molecule has 0 saturated carbocycles. The number of carbonyl (C=O) groups excluding carboxylic acids is 1. The van der Waals surface area contributed by atoms with E-state index < -0.39 is 8.46 Å². The van der Waals surface area contributed by atoms with Gasteiger partial charge in [0.15, 0.2) is 5.66 Å². The molecule has 0 spiro atoms. The second-order valence-electron chi connectivity index (χ2n) is 6.65. The van der Waals surface area contributed by atoms with Crippen molar-refractivity contribution in [3.63, 3.8) is 0 Å². The summed E-state index contributed by atoms with van der Waals surface area (Å²) in [4.78, 5) is 13.6. The second kappa shape index (κ2) is 13.4. The molecule has 0 amide bonds. The average Bonchev–Trinajstić information content (AvgIpc) is 2.75. The zero-order valence-electron chi connectivity index (χ0n) is 17.1. The van der Waals surface area contributed by atoms with Crippen molar-refractivity contribution in [1.82, 2.24) is 0 Å². The van der Waals surface area contributed by atoms with Gasteiger partial charge in [-0.3, -0.25) is 4.79 Å². The van der Waals surface area contributed by atoms with Gasteiger partial charge in [-0.25, -0.2) is 0 Å². The molecule has 156 valence electrons. The summed E-state index contributed by atoms with van der Waals surface area (Å²) in [6.07, 6.45) is 2.42. The topological polar surface area (TPSA) is 52.6 Å². The first-order chi connectivity index (χ1) is 14.2. The molecule has 6 heteroatoms. The molecule has 0 bridgehead atoms. The van der Waals surface area contributed by atoms with Crippen LogP contribution in [0, 0.1) is 5.92 Å². The minimum Gasteiger partial charge on any atom is -0.493 e. The van der Waals surface area contributed by atoms with Crippen molar-refractivity contribution >= 4 is 26.2 Å². The monoisotopic (exact) mass is 433 g/mol. The van der Waals surface area contributed by atoms with Gasteiger partial charge in [0, 0.05) is 10.6 Å². The van der Waals surface area contributed by atoms with E-state index in [1.807, 2.05) is 49.4 Å². The number of aryl methyl sites for hydroxylation is 1. The summed E-state index contributed by atoms with van der Waals surface area (Å²) in [5.41, 5.74) is 1.00. The van der Waals surface area contributed by atoms with Gasteiger partial charge >= 0.3 is 14.4 Å². The highest BCUT2D eigenvalue weighted by Crippen LogP contribution is 2.34. The Balaban J connectivity index is 2.02. The lowest BCUT2D eigenvalue weighted by Crippen LogP contribution is -2.28. The SMILES string of the molecule is CCOC(=O)C(CCCc1ccccc1)C(CSc1ccccc1OCC)[PH+]=O. The van der Waals surface area contributed by atoms with Crippen molar-refractivity contribution in [2.45, 2.75) is 43.7 Å². The van der Waals surface area contributed by atoms with E-state index in [1.54, 1.807) is 18.7 Å². The highest BCUT2D eigenvalue weighted by Gasteiger charge is 2.35. The number of thioether (sulfide) groups is 1. The lowest BCUT2D eigenvalue weighted by Gasteiger charge is -2.17. The zero-order chi connectivity index (χ0) is 20.9. The predicted octanol–water partition coefficient (Wildman–Crippen LogP) is 5.77. The van der Waals surface area contributed by atoms with Crippen LogP contribution < -0.4 is 4.74 Å². The summed E-state index contributed by atoms with van der Waals surface area (Å²) in [6, 6.07) is 18.0. The molecule has 0 aromatic heterocycles. The minimum absolute atomic E-state index is 0.243. The van der Waals surface area contributed by atoms with Crippen LogP contribution in [0.1, 0.15) is 32.3 Å². The fourth-order valence-corrected chi connectivity index (χ4v) is 5.18. The maximum absolute atomic E-state index is 12.6. The van der Waals surface area contributed by atoms with Gasteiger partial charge in [0.2, 0.25) is 0 Å². The maximum atomic E-state index is 12.6. The quantitative estimate of drug-likeness (QED) is 0.228. The molecular formula is C23H30O4PS+. The number of hydrogen-bond donors (Lipinski definition) is 0. The first-order valence-electron chi connectivity index (χ1n) is 10.1. The number of esters is 1. The summed E-state index contributed by atoms with van der Waals surface area (Å²) in [6.45, 7) is 4.69. The number of benzene rings is 2. The molecule has 0 aliphatic heterocycles.